The van der Waals surface area contributed by atoms with Gasteiger partial charge >= 0.3 is 0 Å². The summed E-state index contributed by atoms with van der Waals surface area (Å²) in [7, 11) is 0. The SMILES string of the molecule is CCCC1CCCN(c2ccc(C(N)=S)nc2)CC1. The van der Waals surface area contributed by atoms with Crippen LogP contribution in [0, 0.1) is 5.92 Å². The van der Waals surface area contributed by atoms with Gasteiger partial charge in [0.25, 0.3) is 0 Å². The molecular weight excluding hydrogens is 254 g/mol. The largest absolute Gasteiger partial charge is 0.388 e. The Morgan fingerprint density at radius 3 is 2.89 bits per heavy atom. The van der Waals surface area contributed by atoms with Crippen molar-refractivity contribution in [2.45, 2.75) is 39.0 Å². The number of anilines is 1. The fourth-order valence-electron chi connectivity index (χ4n) is 2.84. The fraction of sp³-hybridized carbons (Fsp3) is 0.600. The molecule has 1 aliphatic rings. The van der Waals surface area contributed by atoms with Gasteiger partial charge in [0.15, 0.2) is 0 Å². The summed E-state index contributed by atoms with van der Waals surface area (Å²) in [5, 5.41) is 0. The molecule has 1 saturated heterocycles. The standard InChI is InChI=1S/C15H23N3S/c1-2-4-12-5-3-9-18(10-8-12)13-6-7-14(15(16)19)17-11-13/h6-7,11-12H,2-5,8-10H2,1H3,(H2,16,19). The number of pyridine rings is 1. The van der Waals surface area contributed by atoms with Gasteiger partial charge in [-0.25, -0.2) is 0 Å². The maximum absolute atomic E-state index is 5.57. The zero-order chi connectivity index (χ0) is 13.7. The predicted molar refractivity (Wildman–Crippen MR) is 84.6 cm³/mol. The highest BCUT2D eigenvalue weighted by Gasteiger charge is 2.16. The van der Waals surface area contributed by atoms with Gasteiger partial charge in [0.2, 0.25) is 0 Å². The lowest BCUT2D eigenvalue weighted by Crippen LogP contribution is -2.24. The molecule has 0 aromatic carbocycles. The van der Waals surface area contributed by atoms with Crippen LogP contribution in [-0.4, -0.2) is 23.1 Å². The van der Waals surface area contributed by atoms with E-state index in [2.05, 4.69) is 22.9 Å². The Bertz CT molecular complexity index is 416. The molecule has 1 aromatic heterocycles. The summed E-state index contributed by atoms with van der Waals surface area (Å²) in [4.78, 5) is 7.13. The molecule has 0 amide bonds. The molecule has 1 atom stereocenters. The quantitative estimate of drug-likeness (QED) is 0.859. The molecule has 1 aliphatic heterocycles. The van der Waals surface area contributed by atoms with Crippen LogP contribution < -0.4 is 10.6 Å². The monoisotopic (exact) mass is 277 g/mol. The molecule has 1 aromatic rings. The van der Waals surface area contributed by atoms with Gasteiger partial charge < -0.3 is 10.6 Å². The Balaban J connectivity index is 1.99. The molecule has 2 heterocycles. The van der Waals surface area contributed by atoms with Crippen LogP contribution in [-0.2, 0) is 0 Å². The van der Waals surface area contributed by atoms with E-state index in [4.69, 9.17) is 18.0 Å². The zero-order valence-corrected chi connectivity index (χ0v) is 12.5. The molecule has 0 aliphatic carbocycles. The summed E-state index contributed by atoms with van der Waals surface area (Å²) in [5.41, 5.74) is 7.47. The van der Waals surface area contributed by atoms with Crippen molar-refractivity contribution >= 4 is 22.9 Å². The summed E-state index contributed by atoms with van der Waals surface area (Å²) < 4.78 is 0. The Labute approximate surface area is 121 Å². The average Bonchev–Trinajstić information content (AvgIpc) is 2.65. The van der Waals surface area contributed by atoms with Crippen molar-refractivity contribution in [1.29, 1.82) is 0 Å². The van der Waals surface area contributed by atoms with Crippen molar-refractivity contribution < 1.29 is 0 Å². The summed E-state index contributed by atoms with van der Waals surface area (Å²) in [6.45, 7) is 4.55. The van der Waals surface area contributed by atoms with E-state index in [1.807, 2.05) is 12.3 Å². The number of aromatic nitrogens is 1. The topological polar surface area (TPSA) is 42.1 Å². The minimum Gasteiger partial charge on any atom is -0.388 e. The first kappa shape index (κ1) is 14.3. The second kappa shape index (κ2) is 6.85. The summed E-state index contributed by atoms with van der Waals surface area (Å²) in [6, 6.07) is 4.01. The van der Waals surface area contributed by atoms with Crippen LogP contribution in [0.3, 0.4) is 0 Å². The summed E-state index contributed by atoms with van der Waals surface area (Å²) in [5.74, 6) is 0.902. The molecule has 1 unspecified atom stereocenters. The van der Waals surface area contributed by atoms with Crippen LogP contribution >= 0.6 is 12.2 Å². The van der Waals surface area contributed by atoms with E-state index in [-0.39, 0.29) is 0 Å². The van der Waals surface area contributed by atoms with Gasteiger partial charge in [-0.15, -0.1) is 0 Å². The molecule has 0 spiro atoms. The third-order valence-electron chi connectivity index (χ3n) is 3.91. The molecule has 4 heteroatoms. The summed E-state index contributed by atoms with van der Waals surface area (Å²) in [6.07, 6.45) is 8.51. The lowest BCUT2D eigenvalue weighted by molar-refractivity contribution is 0.435. The normalized spacial score (nSPS) is 20.1. The lowest BCUT2D eigenvalue weighted by Gasteiger charge is -2.22. The molecule has 1 fully saturated rings. The molecule has 2 rings (SSSR count). The number of thiocarbonyl (C=S) groups is 1. The van der Waals surface area contributed by atoms with E-state index >= 15 is 0 Å². The number of hydrogen-bond donors (Lipinski definition) is 1. The molecule has 104 valence electrons. The van der Waals surface area contributed by atoms with Gasteiger partial charge in [0.05, 0.1) is 17.6 Å². The maximum atomic E-state index is 5.57. The lowest BCUT2D eigenvalue weighted by atomic mass is 9.96. The van der Waals surface area contributed by atoms with Gasteiger partial charge in [0, 0.05) is 13.1 Å². The van der Waals surface area contributed by atoms with E-state index in [1.54, 1.807) is 0 Å². The Hall–Kier alpha value is -1.16. The minimum absolute atomic E-state index is 0.366. The number of nitrogens with two attached hydrogens (primary N) is 1. The molecule has 0 saturated carbocycles. The van der Waals surface area contributed by atoms with E-state index in [9.17, 15) is 0 Å². The first-order chi connectivity index (χ1) is 9.20. The third kappa shape index (κ3) is 3.90. The van der Waals surface area contributed by atoms with Crippen molar-refractivity contribution in [3.63, 3.8) is 0 Å². The van der Waals surface area contributed by atoms with Crippen molar-refractivity contribution in [3.8, 4) is 0 Å². The maximum Gasteiger partial charge on any atom is 0.122 e. The van der Waals surface area contributed by atoms with Crippen molar-refractivity contribution in [3.05, 3.63) is 24.0 Å². The molecule has 0 radical (unpaired) electrons. The predicted octanol–water partition coefficient (Wildman–Crippen LogP) is 3.12. The van der Waals surface area contributed by atoms with Gasteiger partial charge in [-0.05, 0) is 37.3 Å². The Morgan fingerprint density at radius 2 is 2.26 bits per heavy atom. The second-order valence-corrected chi connectivity index (χ2v) is 5.78. The van der Waals surface area contributed by atoms with Crippen LogP contribution in [0.4, 0.5) is 5.69 Å². The van der Waals surface area contributed by atoms with E-state index in [1.165, 1.54) is 37.8 Å². The first-order valence-electron chi connectivity index (χ1n) is 7.21. The van der Waals surface area contributed by atoms with E-state index in [0.717, 1.165) is 19.0 Å². The molecule has 19 heavy (non-hydrogen) atoms. The van der Waals surface area contributed by atoms with Gasteiger partial charge in [-0.2, -0.15) is 0 Å². The third-order valence-corrected chi connectivity index (χ3v) is 4.12. The smallest absolute Gasteiger partial charge is 0.122 e. The fourth-order valence-corrected chi connectivity index (χ4v) is 2.96. The molecule has 3 nitrogen and oxygen atoms in total. The van der Waals surface area contributed by atoms with Crippen LogP contribution in [0.5, 0.6) is 0 Å². The van der Waals surface area contributed by atoms with Gasteiger partial charge in [-0.1, -0.05) is 32.0 Å². The number of nitrogens with zero attached hydrogens (tertiary/aromatic N) is 2. The van der Waals surface area contributed by atoms with Crippen LogP contribution in [0.1, 0.15) is 44.7 Å². The van der Waals surface area contributed by atoms with Crippen molar-refractivity contribution in [2.75, 3.05) is 18.0 Å². The first-order valence-corrected chi connectivity index (χ1v) is 7.62. The highest BCUT2D eigenvalue weighted by molar-refractivity contribution is 7.80. The zero-order valence-electron chi connectivity index (χ0n) is 11.6. The average molecular weight is 277 g/mol. The van der Waals surface area contributed by atoms with Gasteiger partial charge in [0.1, 0.15) is 4.99 Å². The molecule has 2 N–H and O–H groups in total. The second-order valence-electron chi connectivity index (χ2n) is 5.34. The minimum atomic E-state index is 0.366. The van der Waals surface area contributed by atoms with Crippen LogP contribution in [0.25, 0.3) is 0 Å². The highest BCUT2D eigenvalue weighted by Crippen LogP contribution is 2.25. The highest BCUT2D eigenvalue weighted by atomic mass is 32.1. The van der Waals surface area contributed by atoms with Crippen LogP contribution in [0.2, 0.25) is 0 Å². The van der Waals surface area contributed by atoms with Crippen molar-refractivity contribution in [1.82, 2.24) is 4.98 Å². The number of rotatable bonds is 4. The van der Waals surface area contributed by atoms with E-state index < -0.39 is 0 Å². The molecular formula is C15H23N3S. The van der Waals surface area contributed by atoms with E-state index in [0.29, 0.717) is 10.7 Å². The Kier molecular flexibility index (Phi) is 5.14. The van der Waals surface area contributed by atoms with Gasteiger partial charge in [-0.3, -0.25) is 4.98 Å². The molecule has 0 bridgehead atoms. The van der Waals surface area contributed by atoms with Crippen LogP contribution in [0.15, 0.2) is 18.3 Å². The Morgan fingerprint density at radius 1 is 1.42 bits per heavy atom. The summed E-state index contributed by atoms with van der Waals surface area (Å²) >= 11 is 4.93. The van der Waals surface area contributed by atoms with Crippen molar-refractivity contribution in [2.24, 2.45) is 11.7 Å². The number of hydrogen-bond acceptors (Lipinski definition) is 3.